The van der Waals surface area contributed by atoms with E-state index in [0.29, 0.717) is 6.42 Å². The molecule has 1 N–H and O–H groups in total. The van der Waals surface area contributed by atoms with Crippen LogP contribution in [0.3, 0.4) is 0 Å². The van der Waals surface area contributed by atoms with Gasteiger partial charge < -0.3 is 5.32 Å². The number of nitrogens with one attached hydrogen (secondary N) is 1. The van der Waals surface area contributed by atoms with Crippen LogP contribution in [0.1, 0.15) is 37.3 Å². The van der Waals surface area contributed by atoms with Crippen LogP contribution in [0.15, 0.2) is 30.4 Å². The molecule has 3 aliphatic carbocycles. The van der Waals surface area contributed by atoms with Gasteiger partial charge in [-0.15, -0.1) is 0 Å². The Hall–Kier alpha value is -2.43. The van der Waals surface area contributed by atoms with Crippen molar-refractivity contribution >= 4 is 23.4 Å². The number of carbonyl (C=O) groups is 3. The number of anilines is 1. The van der Waals surface area contributed by atoms with Gasteiger partial charge >= 0.3 is 0 Å². The lowest BCUT2D eigenvalue weighted by Crippen LogP contribution is -2.47. The molecule has 0 spiro atoms. The summed E-state index contributed by atoms with van der Waals surface area (Å²) in [6.07, 6.45) is 6.53. The maximum Gasteiger partial charge on any atom is 0.247 e. The molecule has 1 aromatic rings. The quantitative estimate of drug-likeness (QED) is 0.657. The van der Waals surface area contributed by atoms with Crippen molar-refractivity contribution in [3.05, 3.63) is 41.5 Å². The average Bonchev–Trinajstić information content (AvgIpc) is 2.94. The molecule has 1 aliphatic heterocycles. The summed E-state index contributed by atoms with van der Waals surface area (Å²) >= 11 is 0. The summed E-state index contributed by atoms with van der Waals surface area (Å²) in [4.78, 5) is 40.6. The Balaban J connectivity index is 1.60. The third-order valence-corrected chi connectivity index (χ3v) is 6.52. The maximum atomic E-state index is 13.1. The number of carbonyl (C=O) groups excluding carboxylic acids is 3. The Kier molecular flexibility index (Phi) is 4.41. The summed E-state index contributed by atoms with van der Waals surface area (Å²) < 4.78 is 0. The monoisotopic (exact) mass is 366 g/mol. The predicted octanol–water partition coefficient (Wildman–Crippen LogP) is 3.22. The lowest BCUT2D eigenvalue weighted by atomic mass is 9.63. The van der Waals surface area contributed by atoms with E-state index in [1.54, 1.807) is 0 Å². The van der Waals surface area contributed by atoms with Crippen LogP contribution in [0.5, 0.6) is 0 Å². The number of hydrogen-bond acceptors (Lipinski definition) is 3. The Labute approximate surface area is 159 Å². The first-order chi connectivity index (χ1) is 12.9. The second kappa shape index (κ2) is 6.63. The number of allylic oxidation sites excluding steroid dienone is 2. The largest absolute Gasteiger partial charge is 0.324 e. The lowest BCUT2D eigenvalue weighted by molar-refractivity contribution is -0.146. The number of para-hydroxylation sites is 1. The highest BCUT2D eigenvalue weighted by molar-refractivity contribution is 6.10. The fourth-order valence-electron chi connectivity index (χ4n) is 5.11. The van der Waals surface area contributed by atoms with Crippen molar-refractivity contribution in [3.63, 3.8) is 0 Å². The third-order valence-electron chi connectivity index (χ3n) is 6.52. The van der Waals surface area contributed by atoms with Crippen LogP contribution in [0.2, 0.25) is 0 Å². The smallest absolute Gasteiger partial charge is 0.247 e. The van der Waals surface area contributed by atoms with E-state index < -0.39 is 6.04 Å². The zero-order valence-corrected chi connectivity index (χ0v) is 16.1. The number of aryl methyl sites for hydroxylation is 2. The summed E-state index contributed by atoms with van der Waals surface area (Å²) in [6.45, 7) is 5.73. The number of likely N-dealkylation sites (tertiary alicyclic amines) is 1. The Bertz CT molecular complexity index is 792. The van der Waals surface area contributed by atoms with Crippen LogP contribution in [-0.2, 0) is 14.4 Å². The van der Waals surface area contributed by atoms with E-state index in [1.807, 2.05) is 39.0 Å². The zero-order chi connectivity index (χ0) is 19.3. The molecule has 1 aromatic carbocycles. The average molecular weight is 366 g/mol. The van der Waals surface area contributed by atoms with E-state index in [9.17, 15) is 14.4 Å². The fraction of sp³-hybridized carbons (Fsp3) is 0.500. The molecule has 1 saturated heterocycles. The molecule has 5 heteroatoms. The normalized spacial score (nSPS) is 29.8. The Morgan fingerprint density at radius 1 is 1.07 bits per heavy atom. The molecule has 2 bridgehead atoms. The molecule has 27 heavy (non-hydrogen) atoms. The Morgan fingerprint density at radius 3 is 2.04 bits per heavy atom. The van der Waals surface area contributed by atoms with Crippen LogP contribution in [0, 0.1) is 37.5 Å². The molecular weight excluding hydrogens is 340 g/mol. The van der Waals surface area contributed by atoms with Gasteiger partial charge in [0.2, 0.25) is 17.7 Å². The highest BCUT2D eigenvalue weighted by Crippen LogP contribution is 2.50. The van der Waals surface area contributed by atoms with E-state index in [2.05, 4.69) is 17.5 Å². The van der Waals surface area contributed by atoms with E-state index in [4.69, 9.17) is 0 Å². The first kappa shape index (κ1) is 18.0. The molecule has 5 unspecified atom stereocenters. The topological polar surface area (TPSA) is 66.5 Å². The molecule has 5 rings (SSSR count). The maximum absolute atomic E-state index is 13.1. The summed E-state index contributed by atoms with van der Waals surface area (Å²) in [5, 5.41) is 2.97. The SMILES string of the molecule is CCC(C(=O)Nc1c(C)cccc1C)N1C(=O)C2C3C=CC(CC3)C2C1=O. The van der Waals surface area contributed by atoms with Gasteiger partial charge in [-0.3, -0.25) is 19.3 Å². The summed E-state index contributed by atoms with van der Waals surface area (Å²) in [5.41, 5.74) is 2.69. The molecule has 142 valence electrons. The van der Waals surface area contributed by atoms with Crippen LogP contribution in [0.25, 0.3) is 0 Å². The molecule has 2 fully saturated rings. The van der Waals surface area contributed by atoms with Crippen LogP contribution in [0.4, 0.5) is 5.69 Å². The van der Waals surface area contributed by atoms with Crippen molar-refractivity contribution in [1.29, 1.82) is 0 Å². The van der Waals surface area contributed by atoms with E-state index in [-0.39, 0.29) is 41.4 Å². The number of hydrogen-bond donors (Lipinski definition) is 1. The molecule has 1 heterocycles. The van der Waals surface area contributed by atoms with Crippen LogP contribution < -0.4 is 5.32 Å². The highest BCUT2D eigenvalue weighted by Gasteiger charge is 2.58. The number of benzene rings is 1. The van der Waals surface area contributed by atoms with Gasteiger partial charge in [-0.2, -0.15) is 0 Å². The van der Waals surface area contributed by atoms with Gasteiger partial charge in [0.15, 0.2) is 0 Å². The number of fused-ring (bicyclic) bond motifs is 1. The molecule has 0 aromatic heterocycles. The number of rotatable bonds is 4. The second-order valence-corrected chi connectivity index (χ2v) is 8.07. The minimum Gasteiger partial charge on any atom is -0.324 e. The second-order valence-electron chi connectivity index (χ2n) is 8.07. The number of amides is 3. The van der Waals surface area contributed by atoms with Gasteiger partial charge in [-0.1, -0.05) is 37.3 Å². The summed E-state index contributed by atoms with van der Waals surface area (Å²) in [5.74, 6) is -0.872. The van der Waals surface area contributed by atoms with Gasteiger partial charge in [-0.05, 0) is 56.1 Å². The first-order valence-electron chi connectivity index (χ1n) is 9.86. The predicted molar refractivity (Wildman–Crippen MR) is 103 cm³/mol. The van der Waals surface area contributed by atoms with Crippen molar-refractivity contribution in [2.24, 2.45) is 23.7 Å². The molecule has 4 aliphatic rings. The van der Waals surface area contributed by atoms with Gasteiger partial charge in [0, 0.05) is 5.69 Å². The molecule has 1 saturated carbocycles. The standard InChI is InChI=1S/C22H26N2O3/c1-4-16(20(25)23-19-12(2)6-5-7-13(19)3)24-21(26)17-14-8-9-15(11-10-14)18(17)22(24)27/h5-9,14-18H,4,10-11H2,1-3H3,(H,23,25). The van der Waals surface area contributed by atoms with Crippen molar-refractivity contribution in [1.82, 2.24) is 4.90 Å². The van der Waals surface area contributed by atoms with Gasteiger partial charge in [-0.25, -0.2) is 0 Å². The van der Waals surface area contributed by atoms with E-state index >= 15 is 0 Å². The van der Waals surface area contributed by atoms with Crippen molar-refractivity contribution in [3.8, 4) is 0 Å². The molecular formula is C22H26N2O3. The number of nitrogens with zero attached hydrogens (tertiary/aromatic N) is 1. The van der Waals surface area contributed by atoms with E-state index in [0.717, 1.165) is 29.7 Å². The third kappa shape index (κ3) is 2.71. The lowest BCUT2D eigenvalue weighted by Gasteiger charge is -2.38. The number of imide groups is 1. The molecule has 3 amide bonds. The zero-order valence-electron chi connectivity index (χ0n) is 16.1. The molecule has 5 nitrogen and oxygen atoms in total. The van der Waals surface area contributed by atoms with Crippen molar-refractivity contribution < 1.29 is 14.4 Å². The minimum absolute atomic E-state index is 0.139. The fourth-order valence-corrected chi connectivity index (χ4v) is 5.11. The minimum atomic E-state index is -0.756. The summed E-state index contributed by atoms with van der Waals surface area (Å²) in [6, 6.07) is 5.06. The molecule has 0 radical (unpaired) electrons. The van der Waals surface area contributed by atoms with Gasteiger partial charge in [0.05, 0.1) is 11.8 Å². The first-order valence-corrected chi connectivity index (χ1v) is 9.86. The van der Waals surface area contributed by atoms with Crippen molar-refractivity contribution in [2.45, 2.75) is 46.1 Å². The van der Waals surface area contributed by atoms with Crippen molar-refractivity contribution in [2.75, 3.05) is 5.32 Å². The van der Waals surface area contributed by atoms with Gasteiger partial charge in [0.25, 0.3) is 0 Å². The van der Waals surface area contributed by atoms with Crippen LogP contribution >= 0.6 is 0 Å². The highest BCUT2D eigenvalue weighted by atomic mass is 16.2. The van der Waals surface area contributed by atoms with Gasteiger partial charge in [0.1, 0.15) is 6.04 Å². The summed E-state index contributed by atoms with van der Waals surface area (Å²) in [7, 11) is 0. The van der Waals surface area contributed by atoms with Crippen LogP contribution in [-0.4, -0.2) is 28.7 Å². The Morgan fingerprint density at radius 2 is 1.59 bits per heavy atom. The van der Waals surface area contributed by atoms with E-state index in [1.165, 1.54) is 4.90 Å². The molecule has 5 atom stereocenters.